The first-order valence-electron chi connectivity index (χ1n) is 0. The predicted octanol–water partition coefficient (Wildman–Crippen LogP) is -0.371. The van der Waals surface area contributed by atoms with Crippen LogP contribution in [0.15, 0.2) is 0 Å². The topological polar surface area (TPSA) is 85.5 Å². The van der Waals surface area contributed by atoms with E-state index in [1.165, 1.54) is 0 Å². The van der Waals surface area contributed by atoms with Gasteiger partial charge in [-0.1, -0.05) is 0 Å². The summed E-state index contributed by atoms with van der Waals surface area (Å²) in [6.07, 6.45) is 0. The molecule has 0 saturated heterocycles. The van der Waals surface area contributed by atoms with Crippen LogP contribution in [0.3, 0.4) is 0 Å². The molecule has 0 unspecified atom stereocenters. The van der Waals surface area contributed by atoms with Crippen LogP contribution in [0.4, 0.5) is 0 Å². The Labute approximate surface area is 126 Å². The Morgan fingerprint density at radius 1 is 0.444 bits per heavy atom. The minimum absolute atomic E-state index is 0. The normalized spacial score (nSPS) is 0. The maximum Gasteiger partial charge on any atom is 3.00 e. The summed E-state index contributed by atoms with van der Waals surface area (Å²) in [5.41, 5.74) is 0. The Bertz CT molecular complexity index is 17.8. The van der Waals surface area contributed by atoms with E-state index in [9.17, 15) is 0 Å². The summed E-state index contributed by atoms with van der Waals surface area (Å²) < 4.78 is 0. The summed E-state index contributed by atoms with van der Waals surface area (Å²) in [5, 5.41) is 0. The van der Waals surface area contributed by atoms with Gasteiger partial charge in [-0.05, 0) is 0 Å². The summed E-state index contributed by atoms with van der Waals surface area (Å²) in [6.45, 7) is 0. The van der Waals surface area contributed by atoms with E-state index in [4.69, 9.17) is 0 Å². The summed E-state index contributed by atoms with van der Waals surface area (Å²) in [6, 6.07) is 0. The quantitative estimate of drug-likeness (QED) is 0.447. The van der Waals surface area contributed by atoms with Gasteiger partial charge in [0.05, 0.1) is 0 Å². The molecule has 58 valence electrons. The monoisotopic (exact) mass is 460 g/mol. The second kappa shape index (κ2) is 108. The molecule has 0 spiro atoms. The maximum atomic E-state index is 0. The van der Waals surface area contributed by atoms with E-state index in [0.717, 1.165) is 0 Å². The van der Waals surface area contributed by atoms with E-state index in [1.807, 2.05) is 0 Å². The van der Waals surface area contributed by atoms with Gasteiger partial charge in [-0.2, -0.15) is 0 Å². The van der Waals surface area contributed by atoms with E-state index in [0.29, 0.717) is 0 Å². The Balaban J connectivity index is 0. The van der Waals surface area contributed by atoms with E-state index >= 15 is 0 Å². The molecule has 0 fully saturated rings. The minimum atomic E-state index is 0. The Hall–Kier alpha value is 3.36. The van der Waals surface area contributed by atoms with Crippen molar-refractivity contribution in [2.45, 2.75) is 0 Å². The number of hydrogen-bond acceptors (Lipinski definition) is 0. The van der Waals surface area contributed by atoms with Crippen molar-refractivity contribution >= 4 is 0 Å². The van der Waals surface area contributed by atoms with Gasteiger partial charge in [-0.25, -0.2) is 0 Å². The summed E-state index contributed by atoms with van der Waals surface area (Å²) >= 11 is 0. The van der Waals surface area contributed by atoms with Gasteiger partial charge in [-0.15, -0.1) is 0 Å². The van der Waals surface area contributed by atoms with E-state index in [-0.39, 0.29) is 127 Å². The zero-order valence-electron chi connectivity index (χ0n) is 3.56. The molecule has 9 heavy (non-hydrogen) atoms. The Morgan fingerprint density at radius 3 is 0.444 bits per heavy atom. The van der Waals surface area contributed by atoms with Crippen molar-refractivity contribution in [1.82, 2.24) is 0 Å². The van der Waals surface area contributed by atoms with Crippen LogP contribution in [0.1, 0.15) is 0 Å². The fraction of sp³-hybridized carbons (Fsp3) is 0. The van der Waals surface area contributed by atoms with Gasteiger partial charge >= 0.3 is 34.7 Å². The van der Waals surface area contributed by atoms with Gasteiger partial charge in [0.2, 0.25) is 0 Å². The van der Waals surface area contributed by atoms with Gasteiger partial charge in [0, 0.05) is 76.3 Å². The van der Waals surface area contributed by atoms with Crippen molar-refractivity contribution in [3.63, 3.8) is 0 Å². The summed E-state index contributed by atoms with van der Waals surface area (Å²) in [5.74, 6) is 0. The van der Waals surface area contributed by atoms with Crippen molar-refractivity contribution in [1.29, 1.82) is 0 Å². The van der Waals surface area contributed by atoms with Crippen molar-refractivity contribution in [3.8, 4) is 0 Å². The third-order valence-corrected chi connectivity index (χ3v) is 0. The third kappa shape index (κ3) is 88.1. The van der Waals surface area contributed by atoms with Crippen LogP contribution in [-0.2, 0) is 127 Å². The molecule has 0 N–H and O–H groups in total. The number of rotatable bonds is 0. The van der Waals surface area contributed by atoms with Crippen LogP contribution in [-0.4, -0.2) is 0 Å². The van der Waals surface area contributed by atoms with Crippen LogP contribution in [0.25, 0.3) is 0 Å². The van der Waals surface area contributed by atoms with Crippen LogP contribution < -0.4 is 0 Å². The molecule has 0 rings (SSSR count). The van der Waals surface area contributed by atoms with Crippen molar-refractivity contribution in [2.75, 3.05) is 0 Å². The van der Waals surface area contributed by atoms with Crippen LogP contribution >= 0.6 is 0 Å². The van der Waals surface area contributed by atoms with Crippen molar-refractivity contribution < 1.29 is 127 Å². The Kier molecular flexibility index (Phi) is 1690. The molecular formula is Cr2Fe2Mo2O3. The average Bonchev–Trinajstić information content (AvgIpc) is 0. The molecule has 3 nitrogen and oxygen atoms in total. The average molecular weight is 456 g/mol. The predicted molar refractivity (Wildman–Crippen MR) is 2.06 cm³/mol. The first-order chi connectivity index (χ1) is 0. The standard InChI is InChI=1S/2Cr.2Fe.2Mo.3O/q2*+3;;;;;3*-2. The van der Waals surface area contributed by atoms with Crippen LogP contribution in [0.5, 0.6) is 0 Å². The molecule has 9 heteroatoms. The molecule has 0 aliphatic heterocycles. The Morgan fingerprint density at radius 2 is 0.444 bits per heavy atom. The first kappa shape index (κ1) is 141. The molecule has 0 amide bonds. The van der Waals surface area contributed by atoms with Gasteiger partial charge in [0.15, 0.2) is 0 Å². The number of hydrogen-bond donors (Lipinski definition) is 0. The molecule has 0 aromatic heterocycles. The zero-order chi connectivity index (χ0) is 0. The van der Waals surface area contributed by atoms with Crippen LogP contribution in [0.2, 0.25) is 0 Å². The van der Waals surface area contributed by atoms with E-state index in [2.05, 4.69) is 0 Å². The van der Waals surface area contributed by atoms with Crippen LogP contribution in [0, 0.1) is 0 Å². The van der Waals surface area contributed by atoms with Crippen molar-refractivity contribution in [2.24, 2.45) is 0 Å². The smallest absolute Gasteiger partial charge is 2.00 e. The fourth-order valence-corrected chi connectivity index (χ4v) is 0. The minimum Gasteiger partial charge on any atom is -2.00 e. The summed E-state index contributed by atoms with van der Waals surface area (Å²) in [7, 11) is 0. The van der Waals surface area contributed by atoms with E-state index < -0.39 is 0 Å². The zero-order valence-corrected chi connectivity index (χ0v) is 12.3. The maximum absolute atomic E-state index is 0. The van der Waals surface area contributed by atoms with Crippen molar-refractivity contribution in [3.05, 3.63) is 0 Å². The van der Waals surface area contributed by atoms with Gasteiger partial charge in [0.1, 0.15) is 0 Å². The first-order valence-corrected chi connectivity index (χ1v) is 0. The largest absolute Gasteiger partial charge is 3.00 e. The molecule has 0 aromatic rings. The molecular weight excluding hydrogens is 456 g/mol. The second-order valence-corrected chi connectivity index (χ2v) is 0. The molecule has 0 heterocycles. The molecule has 0 aliphatic rings. The van der Waals surface area contributed by atoms with Gasteiger partial charge < -0.3 is 16.4 Å². The molecule has 0 aromatic carbocycles. The van der Waals surface area contributed by atoms with E-state index in [1.54, 1.807) is 0 Å². The molecule has 0 saturated carbocycles. The molecule has 2 radical (unpaired) electrons. The fourth-order valence-electron chi connectivity index (χ4n) is 0. The second-order valence-electron chi connectivity index (χ2n) is 0. The summed E-state index contributed by atoms with van der Waals surface area (Å²) in [4.78, 5) is 0. The third-order valence-electron chi connectivity index (χ3n) is 0. The van der Waals surface area contributed by atoms with Gasteiger partial charge in [0.25, 0.3) is 0 Å². The van der Waals surface area contributed by atoms with Gasteiger partial charge in [-0.3, -0.25) is 0 Å². The molecule has 0 aliphatic carbocycles. The molecule has 0 bridgehead atoms. The SMILES string of the molecule is [Cr+3].[Cr+3].[Fe].[Fe].[Mo].[Mo].[O-2].[O-2].[O-2]. The molecule has 0 atom stereocenters.